The molecule has 1 saturated carbocycles. The molecule has 1 aromatic carbocycles. The highest BCUT2D eigenvalue weighted by Gasteiger charge is 2.64. The summed E-state index contributed by atoms with van der Waals surface area (Å²) in [6.45, 7) is 4.73. The number of pyridine rings is 1. The first-order chi connectivity index (χ1) is 16.6. The Morgan fingerprint density at radius 2 is 1.97 bits per heavy atom. The molecule has 0 bridgehead atoms. The minimum absolute atomic E-state index is 0.0391. The van der Waals surface area contributed by atoms with Gasteiger partial charge in [0.15, 0.2) is 0 Å². The molecule has 2 aliphatic heterocycles. The van der Waals surface area contributed by atoms with Crippen molar-refractivity contribution in [2.75, 3.05) is 13.2 Å². The van der Waals surface area contributed by atoms with Crippen LogP contribution in [0.4, 0.5) is 13.2 Å². The normalized spacial score (nSPS) is 23.7. The summed E-state index contributed by atoms with van der Waals surface area (Å²) in [7, 11) is 0. The van der Waals surface area contributed by atoms with Crippen LogP contribution >= 0.6 is 0 Å². The summed E-state index contributed by atoms with van der Waals surface area (Å²) in [6.07, 6.45) is -0.513. The minimum Gasteiger partial charge on any atom is -0.493 e. The van der Waals surface area contributed by atoms with Gasteiger partial charge in [0.05, 0.1) is 24.2 Å². The SMILES string of the molecule is Cc1cn(-c2ccc3n(c2=O)CCN(C(C)C24CC2COc2ccc(C(F)(F)F)cc24)C3=O)cn1. The second-order valence-electron chi connectivity index (χ2n) is 9.62. The molecule has 1 amide bonds. The number of hydrogen-bond donors (Lipinski definition) is 0. The van der Waals surface area contributed by atoms with Crippen LogP contribution in [0, 0.1) is 12.8 Å². The molecule has 0 saturated heterocycles. The van der Waals surface area contributed by atoms with Gasteiger partial charge >= 0.3 is 6.18 Å². The quantitative estimate of drug-likeness (QED) is 0.570. The number of aromatic nitrogens is 3. The monoisotopic (exact) mass is 484 g/mol. The molecule has 4 heterocycles. The van der Waals surface area contributed by atoms with Gasteiger partial charge in [-0.2, -0.15) is 13.2 Å². The number of amides is 1. The summed E-state index contributed by atoms with van der Waals surface area (Å²) in [6, 6.07) is 6.48. The molecule has 3 aromatic rings. The Balaban J connectivity index is 1.35. The maximum absolute atomic E-state index is 13.5. The number of halogens is 3. The molecule has 1 aliphatic carbocycles. The van der Waals surface area contributed by atoms with Gasteiger partial charge in [0.2, 0.25) is 0 Å². The minimum atomic E-state index is -4.46. The second kappa shape index (κ2) is 7.22. The van der Waals surface area contributed by atoms with E-state index >= 15 is 0 Å². The van der Waals surface area contributed by atoms with Gasteiger partial charge in [-0.25, -0.2) is 4.98 Å². The maximum Gasteiger partial charge on any atom is 0.416 e. The molecule has 6 rings (SSSR count). The molecule has 3 atom stereocenters. The first kappa shape index (κ1) is 21.9. The van der Waals surface area contributed by atoms with Crippen LogP contribution in [0.2, 0.25) is 0 Å². The number of carbonyl (C=O) groups is 1. The lowest BCUT2D eigenvalue weighted by Crippen LogP contribution is -2.53. The van der Waals surface area contributed by atoms with E-state index in [0.717, 1.165) is 11.8 Å². The number of aryl methyl sites for hydroxylation is 1. The highest BCUT2D eigenvalue weighted by atomic mass is 19.4. The number of benzene rings is 1. The maximum atomic E-state index is 13.5. The van der Waals surface area contributed by atoms with Crippen LogP contribution < -0.4 is 10.3 Å². The Bertz CT molecular complexity index is 1430. The first-order valence-electron chi connectivity index (χ1n) is 11.5. The zero-order valence-corrected chi connectivity index (χ0v) is 19.2. The fourth-order valence-electron chi connectivity index (χ4n) is 5.84. The van der Waals surface area contributed by atoms with Crippen LogP contribution in [0.25, 0.3) is 5.69 Å². The zero-order chi connectivity index (χ0) is 24.7. The number of carbonyl (C=O) groups excluding carboxylic acids is 1. The number of hydrogen-bond acceptors (Lipinski definition) is 4. The number of rotatable bonds is 3. The molecule has 35 heavy (non-hydrogen) atoms. The van der Waals surface area contributed by atoms with Crippen LogP contribution in [0.3, 0.4) is 0 Å². The number of alkyl halides is 3. The Morgan fingerprint density at radius 3 is 2.69 bits per heavy atom. The number of imidazole rings is 1. The standard InChI is InChI=1S/C25H23F3N4O3/c1-14-11-30(13-29-14)19-4-5-20-23(34)31(7-8-32(20)22(19)33)15(2)24-10-17(24)12-35-21-6-3-16(9-18(21)24)25(26,27)28/h3-6,9,11,13,15,17H,7-8,10,12H2,1-2H3. The first-order valence-corrected chi connectivity index (χ1v) is 11.5. The average molecular weight is 484 g/mol. The summed E-state index contributed by atoms with van der Waals surface area (Å²) in [4.78, 5) is 32.5. The van der Waals surface area contributed by atoms with E-state index in [1.807, 2.05) is 13.8 Å². The third-order valence-electron chi connectivity index (χ3n) is 7.80. The summed E-state index contributed by atoms with van der Waals surface area (Å²) in [5.41, 5.74) is 0.365. The van der Waals surface area contributed by atoms with Crippen molar-refractivity contribution in [2.45, 2.75) is 44.4 Å². The van der Waals surface area contributed by atoms with Gasteiger partial charge in [0, 0.05) is 42.2 Å². The van der Waals surface area contributed by atoms with Crippen LogP contribution in [0.5, 0.6) is 5.75 Å². The average Bonchev–Trinajstić information content (AvgIpc) is 3.44. The van der Waals surface area contributed by atoms with Gasteiger partial charge in [-0.3, -0.25) is 9.59 Å². The molecule has 3 unspecified atom stereocenters. The number of fused-ring (bicyclic) bond motifs is 4. The number of ether oxygens (including phenoxy) is 1. The summed E-state index contributed by atoms with van der Waals surface area (Å²) in [5, 5.41) is 0. The topological polar surface area (TPSA) is 69.4 Å². The van der Waals surface area contributed by atoms with E-state index in [-0.39, 0.29) is 29.1 Å². The Labute approximate surface area is 198 Å². The van der Waals surface area contributed by atoms with Crippen LogP contribution in [0.15, 0.2) is 47.7 Å². The van der Waals surface area contributed by atoms with Crippen molar-refractivity contribution >= 4 is 5.91 Å². The van der Waals surface area contributed by atoms with E-state index in [1.165, 1.54) is 16.7 Å². The molecular weight excluding hydrogens is 461 g/mol. The Kier molecular flexibility index (Phi) is 4.53. The van der Waals surface area contributed by atoms with Crippen molar-refractivity contribution in [1.82, 2.24) is 19.0 Å². The Hall–Kier alpha value is -3.56. The van der Waals surface area contributed by atoms with E-state index < -0.39 is 17.2 Å². The van der Waals surface area contributed by atoms with Crippen LogP contribution in [-0.2, 0) is 18.1 Å². The van der Waals surface area contributed by atoms with Gasteiger partial charge in [-0.15, -0.1) is 0 Å². The van der Waals surface area contributed by atoms with Crippen LogP contribution in [0.1, 0.15) is 40.7 Å². The van der Waals surface area contributed by atoms with Crippen molar-refractivity contribution in [1.29, 1.82) is 0 Å². The predicted molar refractivity (Wildman–Crippen MR) is 120 cm³/mol. The molecule has 0 radical (unpaired) electrons. The molecule has 1 fully saturated rings. The van der Waals surface area contributed by atoms with Gasteiger partial charge in [0.25, 0.3) is 11.5 Å². The van der Waals surface area contributed by atoms with Crippen molar-refractivity contribution in [3.63, 3.8) is 0 Å². The molecule has 10 heteroatoms. The molecular formula is C25H23F3N4O3. The lowest BCUT2D eigenvalue weighted by atomic mass is 9.82. The largest absolute Gasteiger partial charge is 0.493 e. The van der Waals surface area contributed by atoms with Gasteiger partial charge in [0.1, 0.15) is 17.1 Å². The Morgan fingerprint density at radius 1 is 1.17 bits per heavy atom. The third kappa shape index (κ3) is 3.15. The van der Waals surface area contributed by atoms with E-state index in [1.54, 1.807) is 34.1 Å². The van der Waals surface area contributed by atoms with E-state index in [4.69, 9.17) is 4.74 Å². The van der Waals surface area contributed by atoms with E-state index in [0.29, 0.717) is 43.1 Å². The fourth-order valence-corrected chi connectivity index (χ4v) is 5.84. The summed E-state index contributed by atoms with van der Waals surface area (Å²) >= 11 is 0. The number of nitrogens with zero attached hydrogens (tertiary/aromatic N) is 4. The molecule has 2 aromatic heterocycles. The fraction of sp³-hybridized carbons (Fsp3) is 0.400. The highest BCUT2D eigenvalue weighted by Crippen LogP contribution is 2.63. The van der Waals surface area contributed by atoms with Crippen molar-refractivity contribution in [3.8, 4) is 11.4 Å². The van der Waals surface area contributed by atoms with E-state index in [9.17, 15) is 22.8 Å². The van der Waals surface area contributed by atoms with Gasteiger partial charge in [-0.05, 0) is 50.6 Å². The van der Waals surface area contributed by atoms with Crippen LogP contribution in [-0.4, -0.2) is 44.1 Å². The molecule has 3 aliphatic rings. The smallest absolute Gasteiger partial charge is 0.416 e. The third-order valence-corrected chi connectivity index (χ3v) is 7.80. The van der Waals surface area contributed by atoms with Crippen molar-refractivity contribution in [2.24, 2.45) is 5.92 Å². The van der Waals surface area contributed by atoms with Gasteiger partial charge in [-0.1, -0.05) is 0 Å². The summed E-state index contributed by atoms with van der Waals surface area (Å²) < 4.78 is 49.2. The molecule has 0 N–H and O–H groups in total. The zero-order valence-electron chi connectivity index (χ0n) is 19.2. The lowest BCUT2D eigenvalue weighted by molar-refractivity contribution is -0.137. The van der Waals surface area contributed by atoms with Gasteiger partial charge < -0.3 is 18.8 Å². The highest BCUT2D eigenvalue weighted by molar-refractivity contribution is 5.93. The van der Waals surface area contributed by atoms with Crippen molar-refractivity contribution in [3.05, 3.63) is 75.7 Å². The van der Waals surface area contributed by atoms with Crippen molar-refractivity contribution < 1.29 is 22.7 Å². The lowest BCUT2D eigenvalue weighted by Gasteiger charge is -2.41. The summed E-state index contributed by atoms with van der Waals surface area (Å²) in [5.74, 6) is 0.187. The molecule has 182 valence electrons. The second-order valence-corrected chi connectivity index (χ2v) is 9.62. The molecule has 0 spiro atoms. The predicted octanol–water partition coefficient (Wildman–Crippen LogP) is 3.56. The molecule has 7 nitrogen and oxygen atoms in total. The van der Waals surface area contributed by atoms with E-state index in [2.05, 4.69) is 4.98 Å².